The van der Waals surface area contributed by atoms with E-state index in [9.17, 15) is 9.50 Å². The summed E-state index contributed by atoms with van der Waals surface area (Å²) < 4.78 is 24.3. The molecule has 2 aromatic heterocycles. The average Bonchev–Trinajstić information content (AvgIpc) is 2.99. The van der Waals surface area contributed by atoms with Crippen LogP contribution in [0.25, 0.3) is 10.9 Å². The Balaban J connectivity index is 1.90. The number of ether oxygens (including phenoxy) is 1. The monoisotopic (exact) mass is 331 g/mol. The molecular formula is C17H18FN3O3. The van der Waals surface area contributed by atoms with Gasteiger partial charge in [0.15, 0.2) is 11.6 Å². The highest BCUT2D eigenvalue weighted by atomic mass is 19.1. The predicted octanol–water partition coefficient (Wildman–Crippen LogP) is 3.00. The highest BCUT2D eigenvalue weighted by Gasteiger charge is 2.27. The topological polar surface area (TPSA) is 80.4 Å². The number of nitrogens with one attached hydrogen (secondary N) is 1. The number of nitrogens with zero attached hydrogens (tertiary/aromatic N) is 2. The number of halogens is 1. The molecule has 0 spiro atoms. The van der Waals surface area contributed by atoms with Gasteiger partial charge >= 0.3 is 0 Å². The van der Waals surface area contributed by atoms with E-state index in [-0.39, 0.29) is 12.3 Å². The molecule has 7 heteroatoms. The van der Waals surface area contributed by atoms with Gasteiger partial charge in [0.1, 0.15) is 29.3 Å². The van der Waals surface area contributed by atoms with Gasteiger partial charge in [0.05, 0.1) is 19.2 Å². The minimum Gasteiger partial charge on any atom is -0.494 e. The van der Waals surface area contributed by atoms with Crippen LogP contribution in [0.1, 0.15) is 18.4 Å². The Hall–Kier alpha value is -2.67. The van der Waals surface area contributed by atoms with Crippen LogP contribution in [0.4, 0.5) is 10.2 Å². The molecule has 0 bridgehead atoms. The maximum Gasteiger partial charge on any atom is 0.167 e. The number of furan rings is 1. The van der Waals surface area contributed by atoms with Gasteiger partial charge in [-0.1, -0.05) is 0 Å². The quantitative estimate of drug-likeness (QED) is 0.748. The molecule has 0 aliphatic rings. The Morgan fingerprint density at radius 1 is 1.33 bits per heavy atom. The summed E-state index contributed by atoms with van der Waals surface area (Å²) in [7, 11) is 1.39. The Bertz CT molecular complexity index is 877. The van der Waals surface area contributed by atoms with Crippen LogP contribution in [-0.4, -0.2) is 28.7 Å². The summed E-state index contributed by atoms with van der Waals surface area (Å²) in [5.74, 6) is 1.26. The molecule has 0 fully saturated rings. The number of anilines is 1. The first-order valence-corrected chi connectivity index (χ1v) is 7.42. The van der Waals surface area contributed by atoms with Crippen molar-refractivity contribution in [1.82, 2.24) is 9.97 Å². The van der Waals surface area contributed by atoms with Gasteiger partial charge in [-0.25, -0.2) is 14.4 Å². The fourth-order valence-electron chi connectivity index (χ4n) is 2.42. The first-order valence-electron chi connectivity index (χ1n) is 7.42. The molecule has 0 aliphatic heterocycles. The molecule has 0 saturated heterocycles. The largest absolute Gasteiger partial charge is 0.494 e. The first-order chi connectivity index (χ1) is 11.4. The average molecular weight is 331 g/mol. The highest BCUT2D eigenvalue weighted by Crippen LogP contribution is 2.29. The summed E-state index contributed by atoms with van der Waals surface area (Å²) in [5.41, 5.74) is -0.783. The molecule has 0 radical (unpaired) electrons. The van der Waals surface area contributed by atoms with Crippen molar-refractivity contribution in [3.8, 4) is 5.75 Å². The van der Waals surface area contributed by atoms with Gasteiger partial charge in [-0.2, -0.15) is 0 Å². The normalized spacial score (nSPS) is 13.7. The van der Waals surface area contributed by atoms with E-state index in [0.717, 1.165) is 5.76 Å². The molecule has 126 valence electrons. The lowest BCUT2D eigenvalue weighted by Crippen LogP contribution is -2.30. The van der Waals surface area contributed by atoms with Gasteiger partial charge < -0.3 is 19.6 Å². The van der Waals surface area contributed by atoms with Crippen LogP contribution in [-0.2, 0) is 5.60 Å². The molecule has 24 heavy (non-hydrogen) atoms. The number of aromatic nitrogens is 2. The van der Waals surface area contributed by atoms with E-state index in [4.69, 9.17) is 9.15 Å². The van der Waals surface area contributed by atoms with Crippen molar-refractivity contribution in [3.63, 3.8) is 0 Å². The molecular weight excluding hydrogens is 313 g/mol. The number of aryl methyl sites for hydroxylation is 1. The van der Waals surface area contributed by atoms with E-state index in [1.54, 1.807) is 19.1 Å². The van der Waals surface area contributed by atoms with Crippen LogP contribution < -0.4 is 10.1 Å². The second-order valence-corrected chi connectivity index (χ2v) is 5.76. The van der Waals surface area contributed by atoms with Gasteiger partial charge in [-0.15, -0.1) is 0 Å². The summed E-state index contributed by atoms with van der Waals surface area (Å²) in [6, 6.07) is 6.33. The highest BCUT2D eigenvalue weighted by molar-refractivity contribution is 5.90. The summed E-state index contributed by atoms with van der Waals surface area (Å²) in [4.78, 5) is 8.23. The smallest absolute Gasteiger partial charge is 0.167 e. The van der Waals surface area contributed by atoms with Crippen LogP contribution in [0.2, 0.25) is 0 Å². The van der Waals surface area contributed by atoms with Crippen LogP contribution in [0.15, 0.2) is 35.0 Å². The summed E-state index contributed by atoms with van der Waals surface area (Å²) in [5, 5.41) is 14.3. The Kier molecular flexibility index (Phi) is 4.11. The van der Waals surface area contributed by atoms with Crippen molar-refractivity contribution >= 4 is 16.7 Å². The molecule has 2 N–H and O–H groups in total. The number of hydrogen-bond acceptors (Lipinski definition) is 6. The predicted molar refractivity (Wildman–Crippen MR) is 87.6 cm³/mol. The number of fused-ring (bicyclic) bond motifs is 1. The number of rotatable bonds is 5. The Morgan fingerprint density at radius 2 is 2.12 bits per heavy atom. The molecule has 3 aromatic rings. The lowest BCUT2D eigenvalue weighted by atomic mass is 10.0. The van der Waals surface area contributed by atoms with Gasteiger partial charge in [0, 0.05) is 11.5 Å². The second kappa shape index (κ2) is 6.09. The number of benzene rings is 1. The fourth-order valence-corrected chi connectivity index (χ4v) is 2.42. The maximum absolute atomic E-state index is 13.8. The minimum atomic E-state index is -1.23. The molecule has 1 atom stereocenters. The molecule has 0 saturated carbocycles. The Labute approximate surface area is 138 Å². The minimum absolute atomic E-state index is 0.105. The Morgan fingerprint density at radius 3 is 2.79 bits per heavy atom. The van der Waals surface area contributed by atoms with Crippen molar-refractivity contribution in [2.45, 2.75) is 19.4 Å². The van der Waals surface area contributed by atoms with Crippen molar-refractivity contribution < 1.29 is 18.7 Å². The molecule has 3 rings (SSSR count). The standard InChI is InChI=1S/C17H18FN3O3/c1-10-4-5-15(24-10)17(2,22)8-19-16-11-6-14(23-3)12(18)7-13(11)20-9-21-16/h4-7,9,22H,8H2,1-3H3,(H,19,20,21). The molecule has 1 aromatic carbocycles. The van der Waals surface area contributed by atoms with Crippen molar-refractivity contribution in [1.29, 1.82) is 0 Å². The van der Waals surface area contributed by atoms with Crippen LogP contribution >= 0.6 is 0 Å². The van der Waals surface area contributed by atoms with Crippen LogP contribution in [0.5, 0.6) is 5.75 Å². The van der Waals surface area contributed by atoms with Crippen molar-refractivity contribution in [3.05, 3.63) is 47.9 Å². The zero-order valence-corrected chi connectivity index (χ0v) is 13.6. The van der Waals surface area contributed by atoms with Gasteiger partial charge in [0.25, 0.3) is 0 Å². The van der Waals surface area contributed by atoms with Gasteiger partial charge in [0.2, 0.25) is 0 Å². The molecule has 1 unspecified atom stereocenters. The fraction of sp³-hybridized carbons (Fsp3) is 0.294. The summed E-state index contributed by atoms with van der Waals surface area (Å²) in [6.45, 7) is 3.61. The first kappa shape index (κ1) is 16.2. The van der Waals surface area contributed by atoms with E-state index in [2.05, 4.69) is 15.3 Å². The SMILES string of the molecule is COc1cc2c(NCC(C)(O)c3ccc(C)o3)ncnc2cc1F. The zero-order chi connectivity index (χ0) is 17.3. The maximum atomic E-state index is 13.8. The van der Waals surface area contributed by atoms with E-state index in [1.165, 1.54) is 25.6 Å². The third-order valence-corrected chi connectivity index (χ3v) is 3.78. The second-order valence-electron chi connectivity index (χ2n) is 5.76. The van der Waals surface area contributed by atoms with E-state index in [1.807, 2.05) is 6.92 Å². The molecule has 6 nitrogen and oxygen atoms in total. The number of hydrogen-bond donors (Lipinski definition) is 2. The van der Waals surface area contributed by atoms with E-state index < -0.39 is 11.4 Å². The summed E-state index contributed by atoms with van der Waals surface area (Å²) >= 11 is 0. The van der Waals surface area contributed by atoms with Gasteiger partial charge in [-0.3, -0.25) is 0 Å². The van der Waals surface area contributed by atoms with E-state index >= 15 is 0 Å². The van der Waals surface area contributed by atoms with Crippen LogP contribution in [0, 0.1) is 12.7 Å². The zero-order valence-electron chi connectivity index (χ0n) is 13.6. The molecule has 2 heterocycles. The van der Waals surface area contributed by atoms with Crippen molar-refractivity contribution in [2.24, 2.45) is 0 Å². The summed E-state index contributed by atoms with van der Waals surface area (Å²) in [6.07, 6.45) is 1.34. The lowest BCUT2D eigenvalue weighted by molar-refractivity contribution is 0.0467. The van der Waals surface area contributed by atoms with Gasteiger partial charge in [-0.05, 0) is 32.0 Å². The third kappa shape index (κ3) is 3.03. The molecule has 0 amide bonds. The third-order valence-electron chi connectivity index (χ3n) is 3.78. The number of methoxy groups -OCH3 is 1. The van der Waals surface area contributed by atoms with Crippen LogP contribution in [0.3, 0.4) is 0 Å². The van der Waals surface area contributed by atoms with Crippen molar-refractivity contribution in [2.75, 3.05) is 19.0 Å². The number of aliphatic hydroxyl groups is 1. The van der Waals surface area contributed by atoms with E-state index in [0.29, 0.717) is 22.5 Å². The lowest BCUT2D eigenvalue weighted by Gasteiger charge is -2.22. The molecule has 0 aliphatic carbocycles.